The van der Waals surface area contributed by atoms with Gasteiger partial charge in [0, 0.05) is 21.9 Å². The van der Waals surface area contributed by atoms with Crippen LogP contribution in [0.15, 0.2) is 18.2 Å². The molecular formula is C21H24Cl2N2O4. The van der Waals surface area contributed by atoms with Crippen molar-refractivity contribution in [2.75, 3.05) is 6.61 Å². The van der Waals surface area contributed by atoms with E-state index in [0.29, 0.717) is 16.5 Å². The second-order valence-corrected chi connectivity index (χ2v) is 8.28. The van der Waals surface area contributed by atoms with Crippen molar-refractivity contribution in [1.29, 1.82) is 0 Å². The smallest absolute Gasteiger partial charge is 0.358 e. The van der Waals surface area contributed by atoms with Gasteiger partial charge in [-0.1, -0.05) is 49.4 Å². The fourth-order valence-electron chi connectivity index (χ4n) is 3.96. The van der Waals surface area contributed by atoms with Crippen LogP contribution in [-0.2, 0) is 11.8 Å². The molecule has 1 saturated carbocycles. The van der Waals surface area contributed by atoms with Gasteiger partial charge in [0.15, 0.2) is 5.69 Å². The lowest BCUT2D eigenvalue weighted by Gasteiger charge is -2.30. The van der Waals surface area contributed by atoms with E-state index in [1.165, 1.54) is 0 Å². The van der Waals surface area contributed by atoms with Crippen LogP contribution in [-0.4, -0.2) is 32.8 Å². The quantitative estimate of drug-likeness (QED) is 0.534. The Hall–Kier alpha value is -2.05. The minimum atomic E-state index is -1.27. The molecule has 29 heavy (non-hydrogen) atoms. The average molecular weight is 439 g/mol. The molecular weight excluding hydrogens is 415 g/mol. The molecule has 2 aromatic rings. The van der Waals surface area contributed by atoms with Gasteiger partial charge >= 0.3 is 5.97 Å². The standard InChI is InChI=1S/C21H24Cl2N2O4/c1-2-3-10-29-18-17(20(27)28)24-16(25-19(18)26)12-21(8-4-5-9-21)14-11-13(22)6-7-15(14)23/h6-7,11H,2-5,8-10,12H2,1H3,(H,27,28)(H,24,25,26). The summed E-state index contributed by atoms with van der Waals surface area (Å²) in [5.41, 5.74) is 0.232. The Bertz CT molecular complexity index is 898. The van der Waals surface area contributed by atoms with Gasteiger partial charge in [-0.05, 0) is 43.0 Å². The van der Waals surface area contributed by atoms with Crippen molar-refractivity contribution in [3.63, 3.8) is 0 Å². The van der Waals surface area contributed by atoms with Gasteiger partial charge in [0.25, 0.3) is 5.88 Å². The Labute approximate surface area is 179 Å². The van der Waals surface area contributed by atoms with Crippen LogP contribution >= 0.6 is 23.2 Å². The lowest BCUT2D eigenvalue weighted by atomic mass is 9.76. The van der Waals surface area contributed by atoms with Gasteiger partial charge in [0.2, 0.25) is 5.75 Å². The molecule has 156 valence electrons. The van der Waals surface area contributed by atoms with E-state index in [1.54, 1.807) is 12.1 Å². The Morgan fingerprint density at radius 3 is 2.62 bits per heavy atom. The minimum absolute atomic E-state index is 0.184. The average Bonchev–Trinajstić information content (AvgIpc) is 3.14. The van der Waals surface area contributed by atoms with Crippen molar-refractivity contribution in [2.24, 2.45) is 0 Å². The van der Waals surface area contributed by atoms with E-state index in [4.69, 9.17) is 27.9 Å². The number of rotatable bonds is 8. The van der Waals surface area contributed by atoms with Gasteiger partial charge in [0.1, 0.15) is 5.82 Å². The maximum absolute atomic E-state index is 11.7. The highest BCUT2D eigenvalue weighted by molar-refractivity contribution is 6.33. The van der Waals surface area contributed by atoms with Crippen LogP contribution in [0.3, 0.4) is 0 Å². The number of benzene rings is 1. The first kappa shape index (κ1) is 21.7. The fraction of sp³-hybridized carbons (Fsp3) is 0.476. The first-order valence-electron chi connectivity index (χ1n) is 9.78. The molecule has 0 saturated heterocycles. The number of carbonyl (C=O) groups is 1. The van der Waals surface area contributed by atoms with E-state index in [0.717, 1.165) is 44.1 Å². The predicted octanol–water partition coefficient (Wildman–Crippen LogP) is 5.42. The number of ether oxygens (including phenoxy) is 1. The molecule has 6 nitrogen and oxygen atoms in total. The zero-order chi connectivity index (χ0) is 21.0. The lowest BCUT2D eigenvalue weighted by Crippen LogP contribution is -2.27. The summed E-state index contributed by atoms with van der Waals surface area (Å²) in [6, 6.07) is 5.36. The molecule has 0 aliphatic heterocycles. The van der Waals surface area contributed by atoms with E-state index in [-0.39, 0.29) is 29.3 Å². The molecule has 1 fully saturated rings. The minimum Gasteiger partial charge on any atom is -0.491 e. The largest absolute Gasteiger partial charge is 0.491 e. The SMILES string of the molecule is CCCCOc1c(O)nc(CC2(c3cc(Cl)ccc3Cl)CCCC2)nc1C(=O)O. The third kappa shape index (κ3) is 4.75. The molecule has 0 unspecified atom stereocenters. The van der Waals surface area contributed by atoms with E-state index in [2.05, 4.69) is 9.97 Å². The highest BCUT2D eigenvalue weighted by atomic mass is 35.5. The second-order valence-electron chi connectivity index (χ2n) is 7.44. The summed E-state index contributed by atoms with van der Waals surface area (Å²) in [4.78, 5) is 20.1. The molecule has 1 aromatic heterocycles. The van der Waals surface area contributed by atoms with Gasteiger partial charge in [-0.15, -0.1) is 0 Å². The summed E-state index contributed by atoms with van der Waals surface area (Å²) >= 11 is 12.7. The number of aromatic hydroxyl groups is 1. The number of unbranched alkanes of at least 4 members (excludes halogenated alkanes) is 1. The molecule has 0 amide bonds. The summed E-state index contributed by atoms with van der Waals surface area (Å²) < 4.78 is 5.44. The first-order chi connectivity index (χ1) is 13.9. The first-order valence-corrected chi connectivity index (χ1v) is 10.5. The summed E-state index contributed by atoms with van der Waals surface area (Å²) in [6.45, 7) is 2.28. The van der Waals surface area contributed by atoms with Crippen LogP contribution in [0.25, 0.3) is 0 Å². The molecule has 0 spiro atoms. The zero-order valence-electron chi connectivity index (χ0n) is 16.3. The van der Waals surface area contributed by atoms with E-state index >= 15 is 0 Å². The molecule has 0 bridgehead atoms. The number of carboxylic acid groups (broad SMARTS) is 1. The third-order valence-corrected chi connectivity index (χ3v) is 5.96. The summed E-state index contributed by atoms with van der Waals surface area (Å²) in [6.07, 6.45) is 5.71. The number of hydrogen-bond acceptors (Lipinski definition) is 5. The number of carboxylic acids is 1. The highest BCUT2D eigenvalue weighted by Crippen LogP contribution is 2.46. The summed E-state index contributed by atoms with van der Waals surface area (Å²) in [7, 11) is 0. The third-order valence-electron chi connectivity index (χ3n) is 5.40. The van der Waals surface area contributed by atoms with Crippen molar-refractivity contribution in [3.05, 3.63) is 45.3 Å². The second kappa shape index (κ2) is 9.18. The van der Waals surface area contributed by atoms with Crippen LogP contribution in [0.1, 0.15) is 67.3 Å². The van der Waals surface area contributed by atoms with Gasteiger partial charge < -0.3 is 14.9 Å². The van der Waals surface area contributed by atoms with E-state index in [1.807, 2.05) is 13.0 Å². The van der Waals surface area contributed by atoms with E-state index < -0.39 is 11.8 Å². The molecule has 1 aromatic carbocycles. The number of aromatic nitrogens is 2. The number of aromatic carboxylic acids is 1. The molecule has 1 heterocycles. The monoisotopic (exact) mass is 438 g/mol. The van der Waals surface area contributed by atoms with Crippen LogP contribution < -0.4 is 4.74 Å². The Morgan fingerprint density at radius 1 is 1.24 bits per heavy atom. The van der Waals surface area contributed by atoms with Gasteiger partial charge in [-0.25, -0.2) is 9.78 Å². The maximum atomic E-state index is 11.7. The van der Waals surface area contributed by atoms with Crippen LogP contribution in [0.5, 0.6) is 11.6 Å². The Morgan fingerprint density at radius 2 is 1.97 bits per heavy atom. The summed E-state index contributed by atoms with van der Waals surface area (Å²) in [5.74, 6) is -1.65. The Kier molecular flexibility index (Phi) is 6.85. The highest BCUT2D eigenvalue weighted by Gasteiger charge is 2.39. The molecule has 3 rings (SSSR count). The van der Waals surface area contributed by atoms with Crippen molar-refractivity contribution < 1.29 is 19.7 Å². The maximum Gasteiger partial charge on any atom is 0.358 e. The predicted molar refractivity (Wildman–Crippen MR) is 111 cm³/mol. The number of nitrogens with zero attached hydrogens (tertiary/aromatic N) is 2. The number of hydrogen-bond donors (Lipinski definition) is 2. The van der Waals surface area contributed by atoms with Gasteiger partial charge in [-0.2, -0.15) is 4.98 Å². The van der Waals surface area contributed by atoms with Crippen LogP contribution in [0.2, 0.25) is 10.0 Å². The Balaban J connectivity index is 1.99. The van der Waals surface area contributed by atoms with Crippen molar-refractivity contribution in [2.45, 2.75) is 57.3 Å². The van der Waals surface area contributed by atoms with Crippen molar-refractivity contribution >= 4 is 29.2 Å². The van der Waals surface area contributed by atoms with E-state index in [9.17, 15) is 15.0 Å². The van der Waals surface area contributed by atoms with Crippen molar-refractivity contribution in [1.82, 2.24) is 9.97 Å². The molecule has 2 N–H and O–H groups in total. The molecule has 8 heteroatoms. The summed E-state index contributed by atoms with van der Waals surface area (Å²) in [5, 5.41) is 21.1. The van der Waals surface area contributed by atoms with Crippen LogP contribution in [0.4, 0.5) is 0 Å². The molecule has 0 radical (unpaired) electrons. The molecule has 1 aliphatic carbocycles. The molecule has 0 atom stereocenters. The van der Waals surface area contributed by atoms with Gasteiger partial charge in [0.05, 0.1) is 6.61 Å². The number of halogens is 2. The zero-order valence-corrected chi connectivity index (χ0v) is 17.8. The topological polar surface area (TPSA) is 92.5 Å². The lowest BCUT2D eigenvalue weighted by molar-refractivity contribution is 0.0683. The normalized spacial score (nSPS) is 15.4. The molecule has 1 aliphatic rings. The fourth-order valence-corrected chi connectivity index (χ4v) is 4.45. The van der Waals surface area contributed by atoms with Crippen LogP contribution in [0, 0.1) is 0 Å². The van der Waals surface area contributed by atoms with Crippen molar-refractivity contribution in [3.8, 4) is 11.6 Å². The van der Waals surface area contributed by atoms with Gasteiger partial charge in [-0.3, -0.25) is 0 Å².